The van der Waals surface area contributed by atoms with E-state index in [0.29, 0.717) is 0 Å². The highest BCUT2D eigenvalue weighted by Crippen LogP contribution is 2.28. The molecule has 1 aliphatic heterocycles. The first-order chi connectivity index (χ1) is 7.43. The lowest BCUT2D eigenvalue weighted by molar-refractivity contribution is 1.06. The lowest BCUT2D eigenvalue weighted by Gasteiger charge is -2.02. The molecule has 0 amide bonds. The van der Waals surface area contributed by atoms with Crippen molar-refractivity contribution in [2.45, 2.75) is 11.5 Å². The van der Waals surface area contributed by atoms with Crippen LogP contribution in [0.3, 0.4) is 0 Å². The Hall–Kier alpha value is -1.35. The van der Waals surface area contributed by atoms with E-state index >= 15 is 0 Å². The van der Waals surface area contributed by atoms with Gasteiger partial charge in [-0.2, -0.15) is 0 Å². The van der Waals surface area contributed by atoms with Crippen LogP contribution in [0.5, 0.6) is 0 Å². The van der Waals surface area contributed by atoms with Crippen LogP contribution in [-0.2, 0) is 11.5 Å². The maximum absolute atomic E-state index is 4.64. The molecule has 1 aliphatic rings. The molecule has 1 aromatic heterocycles. The number of hydrogen-bond acceptors (Lipinski definition) is 3. The average Bonchev–Trinajstić information content (AvgIpc) is 2.77. The van der Waals surface area contributed by atoms with Crippen LogP contribution < -0.4 is 0 Å². The van der Waals surface area contributed by atoms with Crippen LogP contribution in [0.1, 0.15) is 11.4 Å². The standard InChI is InChI=1S/C12H10N2S/c1-2-4-9(5-3-1)10-6-13-11-7-15-8-12(11)14-10/h1-6H,7-8H2. The van der Waals surface area contributed by atoms with Crippen molar-refractivity contribution in [1.29, 1.82) is 0 Å². The Balaban J connectivity index is 2.07. The third kappa shape index (κ3) is 1.63. The van der Waals surface area contributed by atoms with Gasteiger partial charge in [0, 0.05) is 17.1 Å². The molecule has 0 bridgehead atoms. The van der Waals surface area contributed by atoms with Gasteiger partial charge in [0.2, 0.25) is 0 Å². The van der Waals surface area contributed by atoms with Crippen molar-refractivity contribution < 1.29 is 0 Å². The molecule has 74 valence electrons. The van der Waals surface area contributed by atoms with Crippen LogP contribution in [0.15, 0.2) is 36.5 Å². The van der Waals surface area contributed by atoms with E-state index in [1.165, 1.54) is 0 Å². The summed E-state index contributed by atoms with van der Waals surface area (Å²) in [6, 6.07) is 10.2. The molecule has 2 aromatic rings. The predicted octanol–water partition coefficient (Wildman–Crippen LogP) is 2.89. The van der Waals surface area contributed by atoms with E-state index in [9.17, 15) is 0 Å². The van der Waals surface area contributed by atoms with E-state index in [1.807, 2.05) is 36.2 Å². The quantitative estimate of drug-likeness (QED) is 0.730. The summed E-state index contributed by atoms with van der Waals surface area (Å²) in [5.41, 5.74) is 4.43. The van der Waals surface area contributed by atoms with Gasteiger partial charge in [0.15, 0.2) is 0 Å². The molecular weight excluding hydrogens is 204 g/mol. The van der Waals surface area contributed by atoms with Crippen molar-refractivity contribution in [2.75, 3.05) is 0 Å². The monoisotopic (exact) mass is 214 g/mol. The molecule has 1 aromatic carbocycles. The van der Waals surface area contributed by atoms with Crippen LogP contribution in [-0.4, -0.2) is 9.97 Å². The molecule has 2 heterocycles. The van der Waals surface area contributed by atoms with Gasteiger partial charge in [-0.25, -0.2) is 4.98 Å². The first-order valence-corrected chi connectivity index (χ1v) is 6.07. The van der Waals surface area contributed by atoms with E-state index in [4.69, 9.17) is 0 Å². The van der Waals surface area contributed by atoms with E-state index in [0.717, 1.165) is 34.2 Å². The number of fused-ring (bicyclic) bond motifs is 1. The molecule has 0 aliphatic carbocycles. The van der Waals surface area contributed by atoms with Crippen molar-refractivity contribution in [3.05, 3.63) is 47.9 Å². The average molecular weight is 214 g/mol. The van der Waals surface area contributed by atoms with Gasteiger partial charge in [0.1, 0.15) is 0 Å². The molecule has 2 nitrogen and oxygen atoms in total. The maximum atomic E-state index is 4.64. The number of hydrogen-bond donors (Lipinski definition) is 0. The fraction of sp³-hybridized carbons (Fsp3) is 0.167. The van der Waals surface area contributed by atoms with E-state index in [-0.39, 0.29) is 0 Å². The lowest BCUT2D eigenvalue weighted by atomic mass is 10.1. The van der Waals surface area contributed by atoms with Gasteiger partial charge in [-0.1, -0.05) is 30.3 Å². The van der Waals surface area contributed by atoms with Gasteiger partial charge < -0.3 is 0 Å². The highest BCUT2D eigenvalue weighted by molar-refractivity contribution is 7.98. The van der Waals surface area contributed by atoms with Gasteiger partial charge >= 0.3 is 0 Å². The maximum Gasteiger partial charge on any atom is 0.0889 e. The van der Waals surface area contributed by atoms with Crippen LogP contribution >= 0.6 is 11.8 Å². The molecule has 0 spiro atoms. The summed E-state index contributed by atoms with van der Waals surface area (Å²) in [6.45, 7) is 0. The highest BCUT2D eigenvalue weighted by Gasteiger charge is 2.14. The summed E-state index contributed by atoms with van der Waals surface area (Å²) >= 11 is 1.88. The lowest BCUT2D eigenvalue weighted by Crippen LogP contribution is -1.94. The van der Waals surface area contributed by atoms with Gasteiger partial charge in [0.25, 0.3) is 0 Å². The van der Waals surface area contributed by atoms with Crippen molar-refractivity contribution in [3.63, 3.8) is 0 Å². The third-order valence-corrected chi connectivity index (χ3v) is 3.43. The Morgan fingerprint density at radius 3 is 2.67 bits per heavy atom. The Labute approximate surface area is 92.8 Å². The number of thioether (sulfide) groups is 1. The van der Waals surface area contributed by atoms with Crippen molar-refractivity contribution in [1.82, 2.24) is 9.97 Å². The van der Waals surface area contributed by atoms with Crippen molar-refractivity contribution in [2.24, 2.45) is 0 Å². The SMILES string of the molecule is c1ccc(-c2cnc3c(n2)CSC3)cc1. The molecular formula is C12H10N2S. The van der Waals surface area contributed by atoms with E-state index < -0.39 is 0 Å². The van der Waals surface area contributed by atoms with E-state index in [1.54, 1.807) is 0 Å². The molecule has 0 unspecified atom stereocenters. The fourth-order valence-corrected chi connectivity index (χ4v) is 2.64. The fourth-order valence-electron chi connectivity index (χ4n) is 1.68. The molecule has 3 heteroatoms. The third-order valence-electron chi connectivity index (χ3n) is 2.48. The zero-order chi connectivity index (χ0) is 10.1. The Bertz CT molecular complexity index is 482. The summed E-state index contributed by atoms with van der Waals surface area (Å²) in [5.74, 6) is 2.01. The van der Waals surface area contributed by atoms with Gasteiger partial charge in [-0.15, -0.1) is 11.8 Å². The zero-order valence-corrected chi connectivity index (χ0v) is 9.00. The topological polar surface area (TPSA) is 25.8 Å². The molecule has 0 saturated heterocycles. The summed E-state index contributed by atoms with van der Waals surface area (Å²) < 4.78 is 0. The predicted molar refractivity (Wildman–Crippen MR) is 62.5 cm³/mol. The van der Waals surface area contributed by atoms with Crippen molar-refractivity contribution >= 4 is 11.8 Å². The molecule has 3 rings (SSSR count). The Morgan fingerprint density at radius 2 is 1.80 bits per heavy atom. The Morgan fingerprint density at radius 1 is 1.00 bits per heavy atom. The molecule has 15 heavy (non-hydrogen) atoms. The summed E-state index contributed by atoms with van der Waals surface area (Å²) in [5, 5.41) is 0. The van der Waals surface area contributed by atoms with Gasteiger partial charge in [0.05, 0.1) is 23.3 Å². The minimum Gasteiger partial charge on any atom is -0.256 e. The highest BCUT2D eigenvalue weighted by atomic mass is 32.2. The normalized spacial score (nSPS) is 13.9. The Kier molecular flexibility index (Phi) is 2.18. The van der Waals surface area contributed by atoms with Crippen LogP contribution in [0, 0.1) is 0 Å². The second-order valence-electron chi connectivity index (χ2n) is 3.51. The molecule has 0 N–H and O–H groups in total. The first kappa shape index (κ1) is 8.92. The molecule has 0 saturated carbocycles. The molecule has 0 atom stereocenters. The zero-order valence-electron chi connectivity index (χ0n) is 8.18. The summed E-state index contributed by atoms with van der Waals surface area (Å²) in [7, 11) is 0. The van der Waals surface area contributed by atoms with Crippen LogP contribution in [0.2, 0.25) is 0 Å². The smallest absolute Gasteiger partial charge is 0.0889 e. The van der Waals surface area contributed by atoms with Gasteiger partial charge in [-0.3, -0.25) is 4.98 Å². The van der Waals surface area contributed by atoms with E-state index in [2.05, 4.69) is 22.1 Å². The number of benzene rings is 1. The first-order valence-electron chi connectivity index (χ1n) is 4.91. The summed E-state index contributed by atoms with van der Waals surface area (Å²) in [4.78, 5) is 9.09. The van der Waals surface area contributed by atoms with Crippen LogP contribution in [0.25, 0.3) is 11.3 Å². The van der Waals surface area contributed by atoms with Crippen LogP contribution in [0.4, 0.5) is 0 Å². The number of rotatable bonds is 1. The minimum atomic E-state index is 0.983. The minimum absolute atomic E-state index is 0.983. The largest absolute Gasteiger partial charge is 0.256 e. The second-order valence-corrected chi connectivity index (χ2v) is 4.49. The molecule has 0 radical (unpaired) electrons. The number of aromatic nitrogens is 2. The second kappa shape index (κ2) is 3.66. The number of nitrogens with zero attached hydrogens (tertiary/aromatic N) is 2. The molecule has 0 fully saturated rings. The van der Waals surface area contributed by atoms with Crippen molar-refractivity contribution in [3.8, 4) is 11.3 Å². The summed E-state index contributed by atoms with van der Waals surface area (Å²) in [6.07, 6.45) is 1.88. The van der Waals surface area contributed by atoms with Gasteiger partial charge in [-0.05, 0) is 0 Å².